The van der Waals surface area contributed by atoms with Crippen molar-refractivity contribution in [3.63, 3.8) is 0 Å². The second kappa shape index (κ2) is 6.53. The largest absolute Gasteiger partial charge is 0.474 e. The molecule has 1 saturated carbocycles. The van der Waals surface area contributed by atoms with Crippen LogP contribution in [0.25, 0.3) is 11.3 Å². The van der Waals surface area contributed by atoms with E-state index in [0.29, 0.717) is 24.3 Å². The van der Waals surface area contributed by atoms with Crippen molar-refractivity contribution in [2.24, 2.45) is 11.8 Å². The number of methoxy groups -OCH3 is 1. The molecule has 2 heterocycles. The van der Waals surface area contributed by atoms with Gasteiger partial charge in [-0.1, -0.05) is 0 Å². The fourth-order valence-electron chi connectivity index (χ4n) is 3.51. The second-order valence-electron chi connectivity index (χ2n) is 6.68. The zero-order valence-electron chi connectivity index (χ0n) is 14.5. The molecule has 1 aliphatic carbocycles. The van der Waals surface area contributed by atoms with E-state index in [0.717, 1.165) is 0 Å². The lowest BCUT2D eigenvalue weighted by molar-refractivity contribution is 0.0599. The Balaban J connectivity index is 1.57. The number of hydrogen-bond donors (Lipinski definition) is 1. The van der Waals surface area contributed by atoms with Crippen LogP contribution in [0.1, 0.15) is 10.4 Å². The van der Waals surface area contributed by atoms with Crippen LogP contribution in [0.2, 0.25) is 0 Å². The van der Waals surface area contributed by atoms with Crippen LogP contribution in [0.5, 0.6) is 5.88 Å². The fraction of sp³-hybridized carbons (Fsp3) is 0.316. The van der Waals surface area contributed by atoms with Crippen LogP contribution in [0.3, 0.4) is 0 Å². The number of esters is 1. The first kappa shape index (κ1) is 17.3. The number of fused-ring (bicyclic) bond motifs is 1. The molecule has 2 aromatic rings. The molecule has 2 aliphatic rings. The Morgan fingerprint density at radius 3 is 2.44 bits per heavy atom. The number of aromatic nitrogens is 1. The van der Waals surface area contributed by atoms with Gasteiger partial charge in [-0.25, -0.2) is 19.0 Å². The van der Waals surface area contributed by atoms with Gasteiger partial charge in [-0.3, -0.25) is 0 Å². The molecule has 4 rings (SSSR count). The number of ether oxygens (including phenoxy) is 2. The fourth-order valence-corrected chi connectivity index (χ4v) is 3.51. The smallest absolute Gasteiger partial charge is 0.407 e. The van der Waals surface area contributed by atoms with Gasteiger partial charge in [0, 0.05) is 36.6 Å². The molecule has 1 aromatic heterocycles. The third kappa shape index (κ3) is 3.30. The molecule has 1 saturated heterocycles. The number of halogens is 1. The monoisotopic (exact) mass is 372 g/mol. The zero-order valence-corrected chi connectivity index (χ0v) is 14.5. The van der Waals surface area contributed by atoms with Crippen LogP contribution >= 0.6 is 0 Å². The van der Waals surface area contributed by atoms with Gasteiger partial charge < -0.3 is 19.5 Å². The maximum Gasteiger partial charge on any atom is 0.407 e. The first-order valence-corrected chi connectivity index (χ1v) is 8.47. The number of carbonyl (C=O) groups is 2. The van der Waals surface area contributed by atoms with E-state index in [1.54, 1.807) is 18.2 Å². The van der Waals surface area contributed by atoms with E-state index in [2.05, 4.69) is 4.98 Å². The Morgan fingerprint density at radius 2 is 1.85 bits per heavy atom. The normalized spacial score (nSPS) is 22.9. The van der Waals surface area contributed by atoms with Crippen molar-refractivity contribution in [1.29, 1.82) is 0 Å². The average Bonchev–Trinajstić information content (AvgIpc) is 3.10. The second-order valence-corrected chi connectivity index (χ2v) is 6.68. The van der Waals surface area contributed by atoms with Crippen molar-refractivity contribution in [2.75, 3.05) is 20.2 Å². The number of pyridine rings is 1. The van der Waals surface area contributed by atoms with Gasteiger partial charge in [-0.15, -0.1) is 0 Å². The lowest BCUT2D eigenvalue weighted by Gasteiger charge is -2.17. The Bertz CT molecular complexity index is 889. The van der Waals surface area contributed by atoms with E-state index in [1.807, 2.05) is 0 Å². The lowest BCUT2D eigenvalue weighted by atomic mass is 10.1. The highest BCUT2D eigenvalue weighted by molar-refractivity contribution is 5.91. The predicted molar refractivity (Wildman–Crippen MR) is 92.0 cm³/mol. The summed E-state index contributed by atoms with van der Waals surface area (Å²) in [6, 6.07) is 8.83. The number of carboxylic acid groups (broad SMARTS) is 1. The number of likely N-dealkylation sites (tertiary alicyclic amines) is 1. The predicted octanol–water partition coefficient (Wildman–Crippen LogP) is 2.66. The summed E-state index contributed by atoms with van der Waals surface area (Å²) in [6.07, 6.45) is -1.05. The van der Waals surface area contributed by atoms with Gasteiger partial charge in [-0.05, 0) is 30.3 Å². The highest BCUT2D eigenvalue weighted by atomic mass is 19.1. The molecule has 1 aromatic carbocycles. The van der Waals surface area contributed by atoms with E-state index in [4.69, 9.17) is 14.6 Å². The molecular formula is C19H17FN2O5. The van der Waals surface area contributed by atoms with Crippen LogP contribution in [0, 0.1) is 17.7 Å². The highest BCUT2D eigenvalue weighted by Gasteiger charge is 2.59. The zero-order chi connectivity index (χ0) is 19.1. The first-order chi connectivity index (χ1) is 13.0. The molecule has 1 N–H and O–H groups in total. The Morgan fingerprint density at radius 1 is 1.19 bits per heavy atom. The standard InChI is InChI=1S/C19H17FN2O5/c1-26-18(23)11-6-15(10-2-4-12(20)5-3-10)21-16(7-11)27-17-13-8-22(19(24)25)9-14(13)17/h2-7,13-14,17H,8-9H2,1H3,(H,24,25)/t13-,14+,17?. The summed E-state index contributed by atoms with van der Waals surface area (Å²) in [7, 11) is 1.28. The quantitative estimate of drug-likeness (QED) is 0.830. The summed E-state index contributed by atoms with van der Waals surface area (Å²) in [4.78, 5) is 28.8. The molecule has 8 heteroatoms. The summed E-state index contributed by atoms with van der Waals surface area (Å²) in [5.41, 5.74) is 1.38. The van der Waals surface area contributed by atoms with Gasteiger partial charge in [0.25, 0.3) is 0 Å². The molecule has 7 nitrogen and oxygen atoms in total. The van der Waals surface area contributed by atoms with Crippen LogP contribution in [0.15, 0.2) is 36.4 Å². The van der Waals surface area contributed by atoms with Crippen LogP contribution in [0.4, 0.5) is 9.18 Å². The number of hydrogen-bond acceptors (Lipinski definition) is 5. The molecule has 140 valence electrons. The lowest BCUT2D eigenvalue weighted by Crippen LogP contribution is -2.31. The van der Waals surface area contributed by atoms with Gasteiger partial charge >= 0.3 is 12.1 Å². The summed E-state index contributed by atoms with van der Waals surface area (Å²) >= 11 is 0. The third-order valence-corrected chi connectivity index (χ3v) is 5.01. The summed E-state index contributed by atoms with van der Waals surface area (Å²) in [5, 5.41) is 9.03. The highest BCUT2D eigenvalue weighted by Crippen LogP contribution is 2.47. The number of carbonyl (C=O) groups excluding carboxylic acids is 1. The average molecular weight is 372 g/mol. The van der Waals surface area contributed by atoms with E-state index < -0.39 is 12.1 Å². The Labute approximate surface area is 154 Å². The summed E-state index contributed by atoms with van der Waals surface area (Å²) in [6.45, 7) is 0.873. The van der Waals surface area contributed by atoms with Gasteiger partial charge in [0.15, 0.2) is 0 Å². The first-order valence-electron chi connectivity index (χ1n) is 8.47. The van der Waals surface area contributed by atoms with Gasteiger partial charge in [0.1, 0.15) is 11.9 Å². The summed E-state index contributed by atoms with van der Waals surface area (Å²) in [5.74, 6) is -0.358. The van der Waals surface area contributed by atoms with Crippen molar-refractivity contribution < 1.29 is 28.6 Å². The molecule has 27 heavy (non-hydrogen) atoms. The molecule has 3 atom stereocenters. The minimum Gasteiger partial charge on any atom is -0.474 e. The van der Waals surface area contributed by atoms with E-state index in [-0.39, 0.29) is 35.2 Å². The maximum absolute atomic E-state index is 13.2. The van der Waals surface area contributed by atoms with E-state index in [9.17, 15) is 14.0 Å². The van der Waals surface area contributed by atoms with Gasteiger partial charge in [0.2, 0.25) is 5.88 Å². The minimum absolute atomic E-state index is 0.123. The molecule has 1 amide bonds. The van der Waals surface area contributed by atoms with Crippen LogP contribution < -0.4 is 4.74 Å². The van der Waals surface area contributed by atoms with E-state index >= 15 is 0 Å². The van der Waals surface area contributed by atoms with Crippen LogP contribution in [-0.2, 0) is 4.74 Å². The van der Waals surface area contributed by atoms with Crippen molar-refractivity contribution in [3.05, 3.63) is 47.8 Å². The van der Waals surface area contributed by atoms with Crippen molar-refractivity contribution >= 4 is 12.1 Å². The molecule has 0 bridgehead atoms. The molecule has 0 radical (unpaired) electrons. The molecule has 2 fully saturated rings. The molecule has 1 aliphatic heterocycles. The maximum atomic E-state index is 13.2. The van der Waals surface area contributed by atoms with Crippen molar-refractivity contribution in [3.8, 4) is 17.1 Å². The number of piperidine rings is 1. The molecular weight excluding hydrogens is 355 g/mol. The Hall–Kier alpha value is -3.16. The minimum atomic E-state index is -0.926. The topological polar surface area (TPSA) is 89.0 Å². The van der Waals surface area contributed by atoms with Crippen LogP contribution in [-0.4, -0.2) is 53.4 Å². The summed E-state index contributed by atoms with van der Waals surface area (Å²) < 4.78 is 23.9. The Kier molecular flexibility index (Phi) is 4.18. The number of benzene rings is 1. The number of nitrogens with zero attached hydrogens (tertiary/aromatic N) is 2. The van der Waals surface area contributed by atoms with Crippen molar-refractivity contribution in [1.82, 2.24) is 9.88 Å². The molecule has 1 unspecified atom stereocenters. The van der Waals surface area contributed by atoms with Gasteiger partial charge in [0.05, 0.1) is 18.4 Å². The molecule has 0 spiro atoms. The number of amides is 1. The van der Waals surface area contributed by atoms with Crippen molar-refractivity contribution in [2.45, 2.75) is 6.10 Å². The van der Waals surface area contributed by atoms with E-state index in [1.165, 1.54) is 30.2 Å². The third-order valence-electron chi connectivity index (χ3n) is 5.01. The number of rotatable bonds is 4. The van der Waals surface area contributed by atoms with Gasteiger partial charge in [-0.2, -0.15) is 0 Å². The SMILES string of the molecule is COC(=O)c1cc(OC2[C@H]3CN(C(=O)O)C[C@@H]23)nc(-c2ccc(F)cc2)c1.